The SMILES string of the molecule is CC[C@@H](NCc1nc2c(c(N[C@@H](CN3CCC[C@H](COC)C3)c3cnn(C)c3)n1)C[C@H](c1ccccc1)CC2)C1CCC(C(=O)O)CC1. The fourth-order valence-corrected chi connectivity index (χ4v) is 8.47. The van der Waals surface area contributed by atoms with Gasteiger partial charge in [0.15, 0.2) is 0 Å². The van der Waals surface area contributed by atoms with E-state index in [9.17, 15) is 9.90 Å². The lowest BCUT2D eigenvalue weighted by Crippen LogP contribution is -2.41. The second-order valence-electron chi connectivity index (χ2n) is 14.5. The highest BCUT2D eigenvalue weighted by molar-refractivity contribution is 5.70. The van der Waals surface area contributed by atoms with Crippen molar-refractivity contribution in [1.82, 2.24) is 30.0 Å². The van der Waals surface area contributed by atoms with Crippen LogP contribution in [0.5, 0.6) is 0 Å². The summed E-state index contributed by atoms with van der Waals surface area (Å²) >= 11 is 0. The number of hydrogen-bond acceptors (Lipinski definition) is 8. The van der Waals surface area contributed by atoms with Crippen LogP contribution in [0.4, 0.5) is 5.82 Å². The van der Waals surface area contributed by atoms with E-state index >= 15 is 0 Å². The van der Waals surface area contributed by atoms with Gasteiger partial charge in [0.05, 0.1) is 31.3 Å². The van der Waals surface area contributed by atoms with Crippen LogP contribution in [0.25, 0.3) is 0 Å². The number of piperidine rings is 1. The third-order valence-electron chi connectivity index (χ3n) is 11.1. The van der Waals surface area contributed by atoms with Crippen molar-refractivity contribution in [3.05, 3.63) is 70.9 Å². The second kappa shape index (κ2) is 16.4. The quantitative estimate of drug-likeness (QED) is 0.199. The summed E-state index contributed by atoms with van der Waals surface area (Å²) < 4.78 is 7.43. The van der Waals surface area contributed by atoms with Crippen LogP contribution >= 0.6 is 0 Å². The van der Waals surface area contributed by atoms with Crippen molar-refractivity contribution in [1.29, 1.82) is 0 Å². The number of aromatic nitrogens is 4. The van der Waals surface area contributed by atoms with E-state index in [1.807, 2.05) is 17.9 Å². The first-order chi connectivity index (χ1) is 23.4. The van der Waals surface area contributed by atoms with Crippen LogP contribution in [0.3, 0.4) is 0 Å². The molecule has 3 aliphatic rings. The molecule has 1 saturated heterocycles. The molecule has 4 atom stereocenters. The Hall–Kier alpha value is -3.34. The summed E-state index contributed by atoms with van der Waals surface area (Å²) in [6.07, 6.45) is 13.9. The van der Waals surface area contributed by atoms with Gasteiger partial charge in [-0.2, -0.15) is 5.10 Å². The molecule has 2 aliphatic carbocycles. The molecule has 0 radical (unpaired) electrons. The molecule has 48 heavy (non-hydrogen) atoms. The molecular formula is C38H55N7O3. The predicted octanol–water partition coefficient (Wildman–Crippen LogP) is 5.75. The Morgan fingerprint density at radius 1 is 1.10 bits per heavy atom. The maximum absolute atomic E-state index is 11.5. The zero-order chi connectivity index (χ0) is 33.5. The molecular weight excluding hydrogens is 602 g/mol. The van der Waals surface area contributed by atoms with E-state index in [0.717, 1.165) is 101 Å². The molecule has 2 aromatic heterocycles. The van der Waals surface area contributed by atoms with Crippen molar-refractivity contribution in [2.45, 2.75) is 95.7 Å². The Morgan fingerprint density at radius 3 is 2.62 bits per heavy atom. The standard InChI is InChI=1S/C38H55N7O3/c1-4-33(28-12-14-29(15-13-28)38(46)47)39-21-36-41-34-17-16-30(27-10-6-5-7-11-27)19-32(34)37(43-36)42-35(31-20-40-44(2)23-31)24-45-18-8-9-26(22-45)25-48-3/h5-7,10-11,20,23,26,28-30,33,35,39H,4,8-9,12-19,21-22,24-25H2,1-3H3,(H,46,47)(H,41,42,43)/t26-,28?,29?,30+,33+,35-/m0/s1. The largest absolute Gasteiger partial charge is 0.481 e. The summed E-state index contributed by atoms with van der Waals surface area (Å²) in [4.78, 5) is 24.6. The third kappa shape index (κ3) is 8.62. The van der Waals surface area contributed by atoms with Crippen LogP contribution in [0.15, 0.2) is 42.7 Å². The number of anilines is 1. The number of carboxylic acids is 1. The number of fused-ring (bicyclic) bond motifs is 1. The minimum absolute atomic E-state index is 0.0321. The Labute approximate surface area is 286 Å². The number of carboxylic acid groups (broad SMARTS) is 1. The van der Waals surface area contributed by atoms with E-state index in [1.165, 1.54) is 24.0 Å². The average Bonchev–Trinajstić information content (AvgIpc) is 3.55. The van der Waals surface area contributed by atoms with Gasteiger partial charge in [-0.05, 0) is 94.1 Å². The topological polar surface area (TPSA) is 117 Å². The zero-order valence-corrected chi connectivity index (χ0v) is 29.1. The van der Waals surface area contributed by atoms with Gasteiger partial charge in [-0.25, -0.2) is 9.97 Å². The lowest BCUT2D eigenvalue weighted by molar-refractivity contribution is -0.143. The fourth-order valence-electron chi connectivity index (χ4n) is 8.47. The van der Waals surface area contributed by atoms with E-state index in [0.29, 0.717) is 30.3 Å². The monoisotopic (exact) mass is 657 g/mol. The Morgan fingerprint density at radius 2 is 1.92 bits per heavy atom. The highest BCUT2D eigenvalue weighted by Gasteiger charge is 2.31. The molecule has 3 N–H and O–H groups in total. The number of aryl methyl sites for hydroxylation is 2. The van der Waals surface area contributed by atoms with Crippen molar-refractivity contribution in [2.24, 2.45) is 24.8 Å². The number of aliphatic carboxylic acids is 1. The molecule has 0 bridgehead atoms. The first-order valence-corrected chi connectivity index (χ1v) is 18.3. The van der Waals surface area contributed by atoms with Gasteiger partial charge in [0.25, 0.3) is 0 Å². The van der Waals surface area contributed by atoms with Crippen molar-refractivity contribution in [2.75, 3.05) is 38.7 Å². The van der Waals surface area contributed by atoms with Gasteiger partial charge in [-0.15, -0.1) is 0 Å². The molecule has 3 aromatic rings. The molecule has 3 heterocycles. The number of rotatable bonds is 14. The number of carbonyl (C=O) groups is 1. The van der Waals surface area contributed by atoms with Gasteiger partial charge in [0, 0.05) is 56.3 Å². The number of likely N-dealkylation sites (tertiary alicyclic amines) is 1. The van der Waals surface area contributed by atoms with Crippen LogP contribution in [-0.4, -0.2) is 75.1 Å². The van der Waals surface area contributed by atoms with Crippen molar-refractivity contribution >= 4 is 11.8 Å². The van der Waals surface area contributed by atoms with E-state index in [-0.39, 0.29) is 12.0 Å². The number of nitrogens with one attached hydrogen (secondary N) is 2. The highest BCUT2D eigenvalue weighted by Crippen LogP contribution is 2.37. The first-order valence-electron chi connectivity index (χ1n) is 18.3. The summed E-state index contributed by atoms with van der Waals surface area (Å²) in [5.41, 5.74) is 4.94. The number of ether oxygens (including phenoxy) is 1. The van der Waals surface area contributed by atoms with Crippen LogP contribution in [-0.2, 0) is 36.0 Å². The summed E-state index contributed by atoms with van der Waals surface area (Å²) in [6, 6.07) is 11.2. The number of hydrogen-bond donors (Lipinski definition) is 3. The molecule has 260 valence electrons. The fraction of sp³-hybridized carbons (Fsp3) is 0.632. The second-order valence-corrected chi connectivity index (χ2v) is 14.5. The van der Waals surface area contributed by atoms with E-state index in [4.69, 9.17) is 14.7 Å². The molecule has 10 nitrogen and oxygen atoms in total. The molecule has 0 spiro atoms. The third-order valence-corrected chi connectivity index (χ3v) is 11.1. The molecule has 10 heteroatoms. The summed E-state index contributed by atoms with van der Waals surface area (Å²) in [5, 5.41) is 21.8. The molecule has 1 saturated carbocycles. The first kappa shape index (κ1) is 34.5. The van der Waals surface area contributed by atoms with Gasteiger partial charge in [-0.1, -0.05) is 37.3 Å². The molecule has 6 rings (SSSR count). The Bertz CT molecular complexity index is 1470. The van der Waals surface area contributed by atoms with Crippen molar-refractivity contribution in [3.8, 4) is 0 Å². The van der Waals surface area contributed by atoms with Gasteiger partial charge >= 0.3 is 5.97 Å². The molecule has 2 fully saturated rings. The molecule has 0 unspecified atom stereocenters. The van der Waals surface area contributed by atoms with Crippen LogP contribution in [0, 0.1) is 17.8 Å². The maximum Gasteiger partial charge on any atom is 0.306 e. The predicted molar refractivity (Wildman–Crippen MR) is 188 cm³/mol. The maximum atomic E-state index is 11.5. The minimum atomic E-state index is -0.647. The van der Waals surface area contributed by atoms with Crippen LogP contribution in [0.1, 0.15) is 98.5 Å². The van der Waals surface area contributed by atoms with Gasteiger partial charge < -0.3 is 25.4 Å². The highest BCUT2D eigenvalue weighted by atomic mass is 16.5. The smallest absolute Gasteiger partial charge is 0.306 e. The Balaban J connectivity index is 1.25. The number of nitrogens with zero attached hydrogens (tertiary/aromatic N) is 5. The lowest BCUT2D eigenvalue weighted by Gasteiger charge is -2.35. The summed E-state index contributed by atoms with van der Waals surface area (Å²) in [7, 11) is 3.79. The van der Waals surface area contributed by atoms with Crippen molar-refractivity contribution in [3.63, 3.8) is 0 Å². The zero-order valence-electron chi connectivity index (χ0n) is 29.1. The summed E-state index contributed by atoms with van der Waals surface area (Å²) in [6.45, 7) is 6.62. The van der Waals surface area contributed by atoms with E-state index in [2.05, 4.69) is 64.1 Å². The van der Waals surface area contributed by atoms with Crippen LogP contribution in [0.2, 0.25) is 0 Å². The number of methoxy groups -OCH3 is 1. The lowest BCUT2D eigenvalue weighted by atomic mass is 9.78. The van der Waals surface area contributed by atoms with E-state index < -0.39 is 5.97 Å². The van der Waals surface area contributed by atoms with Crippen molar-refractivity contribution < 1.29 is 14.6 Å². The molecule has 1 aliphatic heterocycles. The van der Waals surface area contributed by atoms with Gasteiger partial charge in [0.1, 0.15) is 11.6 Å². The van der Waals surface area contributed by atoms with Gasteiger partial charge in [0.2, 0.25) is 0 Å². The Kier molecular flexibility index (Phi) is 11.8. The minimum Gasteiger partial charge on any atom is -0.481 e. The van der Waals surface area contributed by atoms with Gasteiger partial charge in [-0.3, -0.25) is 9.48 Å². The van der Waals surface area contributed by atoms with E-state index in [1.54, 1.807) is 7.11 Å². The normalized spacial score (nSPS) is 24.5. The molecule has 1 aromatic carbocycles. The average molecular weight is 658 g/mol. The number of benzene rings is 1. The van der Waals surface area contributed by atoms with Crippen LogP contribution < -0.4 is 10.6 Å². The summed E-state index contributed by atoms with van der Waals surface area (Å²) in [5.74, 6) is 2.41. The molecule has 0 amide bonds.